The van der Waals surface area contributed by atoms with Crippen molar-refractivity contribution < 1.29 is 4.79 Å². The van der Waals surface area contributed by atoms with Crippen LogP contribution in [0.2, 0.25) is 0 Å². The van der Waals surface area contributed by atoms with Gasteiger partial charge in [0.25, 0.3) is 0 Å². The van der Waals surface area contributed by atoms with Crippen molar-refractivity contribution in [2.75, 3.05) is 0 Å². The monoisotopic (exact) mass is 148 g/mol. The summed E-state index contributed by atoms with van der Waals surface area (Å²) < 4.78 is 0. The van der Waals surface area contributed by atoms with Crippen LogP contribution in [0.3, 0.4) is 0 Å². The first kappa shape index (κ1) is 6.84. The lowest BCUT2D eigenvalue weighted by molar-refractivity contribution is -0.121. The molecule has 1 heteroatoms. The van der Waals surface area contributed by atoms with Gasteiger partial charge in [-0.3, -0.25) is 4.79 Å². The van der Waals surface area contributed by atoms with E-state index in [1.165, 1.54) is 0 Å². The summed E-state index contributed by atoms with van der Waals surface area (Å²) in [6, 6.07) is 0. The summed E-state index contributed by atoms with van der Waals surface area (Å²) in [5.74, 6) is 0.909. The highest BCUT2D eigenvalue weighted by molar-refractivity contribution is 5.97. The maximum Gasteiger partial charge on any atom is 0.165 e. The van der Waals surface area contributed by atoms with Crippen molar-refractivity contribution in [1.29, 1.82) is 0 Å². The van der Waals surface area contributed by atoms with Crippen LogP contribution in [-0.4, -0.2) is 5.78 Å². The number of fused-ring (bicyclic) bond motifs is 2. The maximum atomic E-state index is 11.4. The van der Waals surface area contributed by atoms with Crippen LogP contribution in [0.4, 0.5) is 0 Å². The third-order valence-electron chi connectivity index (χ3n) is 2.99. The van der Waals surface area contributed by atoms with Crippen LogP contribution in [0, 0.1) is 11.3 Å². The number of rotatable bonds is 1. The predicted molar refractivity (Wildman–Crippen MR) is 44.1 cm³/mol. The van der Waals surface area contributed by atoms with Crippen molar-refractivity contribution >= 4 is 5.78 Å². The van der Waals surface area contributed by atoms with Gasteiger partial charge in [0.1, 0.15) is 0 Å². The smallest absolute Gasteiger partial charge is 0.165 e. The van der Waals surface area contributed by atoms with E-state index in [2.05, 4.69) is 12.7 Å². The molecule has 1 fully saturated rings. The first-order chi connectivity index (χ1) is 5.27. The standard InChI is InChI=1S/C10H12O/c1-2-10-6-5-8(7-10)3-4-9(10)11/h2-4,8H,1,5-7H2. The van der Waals surface area contributed by atoms with Crippen molar-refractivity contribution in [2.45, 2.75) is 19.3 Å². The Balaban J connectivity index is 2.41. The van der Waals surface area contributed by atoms with Crippen molar-refractivity contribution in [3.8, 4) is 0 Å². The van der Waals surface area contributed by atoms with Gasteiger partial charge in [0.2, 0.25) is 0 Å². The summed E-state index contributed by atoms with van der Waals surface area (Å²) in [6.45, 7) is 3.75. The van der Waals surface area contributed by atoms with Crippen LogP contribution in [0.15, 0.2) is 24.8 Å². The second kappa shape index (κ2) is 2.07. The quantitative estimate of drug-likeness (QED) is 0.520. The molecule has 0 aromatic carbocycles. The first-order valence-corrected chi connectivity index (χ1v) is 4.13. The van der Waals surface area contributed by atoms with E-state index in [-0.39, 0.29) is 11.2 Å². The average Bonchev–Trinajstić information content (AvgIpc) is 2.39. The van der Waals surface area contributed by atoms with Crippen LogP contribution >= 0.6 is 0 Å². The maximum absolute atomic E-state index is 11.4. The zero-order valence-corrected chi connectivity index (χ0v) is 6.55. The zero-order valence-electron chi connectivity index (χ0n) is 6.55. The Hall–Kier alpha value is -0.850. The molecule has 0 radical (unpaired) electrons. The molecule has 2 bridgehead atoms. The molecule has 2 aliphatic carbocycles. The Bertz CT molecular complexity index is 239. The normalized spacial score (nSPS) is 41.1. The molecule has 0 N–H and O–H groups in total. The summed E-state index contributed by atoms with van der Waals surface area (Å²) in [6.07, 6.45) is 8.81. The van der Waals surface area contributed by atoms with Gasteiger partial charge >= 0.3 is 0 Å². The lowest BCUT2D eigenvalue weighted by Crippen LogP contribution is -2.26. The molecule has 0 heterocycles. The first-order valence-electron chi connectivity index (χ1n) is 4.13. The molecular weight excluding hydrogens is 136 g/mol. The van der Waals surface area contributed by atoms with E-state index < -0.39 is 0 Å². The molecule has 2 aliphatic rings. The van der Waals surface area contributed by atoms with Gasteiger partial charge in [-0.1, -0.05) is 12.2 Å². The summed E-state index contributed by atoms with van der Waals surface area (Å²) in [4.78, 5) is 11.4. The largest absolute Gasteiger partial charge is 0.294 e. The van der Waals surface area contributed by atoms with E-state index in [1.807, 2.05) is 6.08 Å². The van der Waals surface area contributed by atoms with E-state index in [1.54, 1.807) is 6.08 Å². The fourth-order valence-electron chi connectivity index (χ4n) is 2.18. The molecule has 0 saturated heterocycles. The van der Waals surface area contributed by atoms with Crippen molar-refractivity contribution in [3.05, 3.63) is 24.8 Å². The topological polar surface area (TPSA) is 17.1 Å². The SMILES string of the molecule is C=CC12CCC(C=CC1=O)C2. The average molecular weight is 148 g/mol. The molecule has 11 heavy (non-hydrogen) atoms. The highest BCUT2D eigenvalue weighted by Crippen LogP contribution is 2.46. The lowest BCUT2D eigenvalue weighted by atomic mass is 9.78. The molecule has 0 aromatic rings. The van der Waals surface area contributed by atoms with Gasteiger partial charge in [-0.15, -0.1) is 6.58 Å². The number of carbonyl (C=O) groups is 1. The number of allylic oxidation sites excluding steroid dienone is 3. The van der Waals surface area contributed by atoms with Crippen molar-refractivity contribution in [3.63, 3.8) is 0 Å². The molecule has 58 valence electrons. The van der Waals surface area contributed by atoms with E-state index in [0.29, 0.717) is 5.92 Å². The molecule has 0 aliphatic heterocycles. The minimum Gasteiger partial charge on any atom is -0.294 e. The summed E-state index contributed by atoms with van der Waals surface area (Å²) in [5, 5.41) is 0. The van der Waals surface area contributed by atoms with Crippen molar-refractivity contribution in [1.82, 2.24) is 0 Å². The molecule has 2 atom stereocenters. The van der Waals surface area contributed by atoms with Gasteiger partial charge in [0, 0.05) is 0 Å². The van der Waals surface area contributed by atoms with Crippen molar-refractivity contribution in [2.24, 2.45) is 11.3 Å². The van der Waals surface area contributed by atoms with Crippen LogP contribution in [0.25, 0.3) is 0 Å². The molecular formula is C10H12O. The lowest BCUT2D eigenvalue weighted by Gasteiger charge is -2.23. The molecule has 2 unspecified atom stereocenters. The number of ketones is 1. The Morgan fingerprint density at radius 1 is 1.73 bits per heavy atom. The Labute approximate surface area is 66.8 Å². The van der Waals surface area contributed by atoms with Crippen LogP contribution in [0.1, 0.15) is 19.3 Å². The molecule has 0 spiro atoms. The van der Waals surface area contributed by atoms with Crippen LogP contribution in [-0.2, 0) is 4.79 Å². The van der Waals surface area contributed by atoms with Gasteiger partial charge in [-0.2, -0.15) is 0 Å². The van der Waals surface area contributed by atoms with Gasteiger partial charge in [-0.25, -0.2) is 0 Å². The molecule has 2 rings (SSSR count). The Morgan fingerprint density at radius 2 is 2.55 bits per heavy atom. The van der Waals surface area contributed by atoms with E-state index >= 15 is 0 Å². The zero-order chi connectivity index (χ0) is 7.90. The molecule has 1 nitrogen and oxygen atoms in total. The Morgan fingerprint density at radius 3 is 3.18 bits per heavy atom. The molecule has 0 aromatic heterocycles. The van der Waals surface area contributed by atoms with E-state index in [4.69, 9.17) is 0 Å². The van der Waals surface area contributed by atoms with Gasteiger partial charge in [0.05, 0.1) is 5.41 Å². The highest BCUT2D eigenvalue weighted by atomic mass is 16.1. The predicted octanol–water partition coefficient (Wildman–Crippen LogP) is 2.10. The number of hydrogen-bond acceptors (Lipinski definition) is 1. The minimum atomic E-state index is -0.167. The van der Waals surface area contributed by atoms with Gasteiger partial charge < -0.3 is 0 Å². The molecule has 1 saturated carbocycles. The summed E-state index contributed by atoms with van der Waals surface area (Å²) in [7, 11) is 0. The van der Waals surface area contributed by atoms with E-state index in [0.717, 1.165) is 19.3 Å². The Kier molecular flexibility index (Phi) is 1.28. The minimum absolute atomic E-state index is 0.167. The fraction of sp³-hybridized carbons (Fsp3) is 0.500. The van der Waals surface area contributed by atoms with Crippen LogP contribution < -0.4 is 0 Å². The highest BCUT2D eigenvalue weighted by Gasteiger charge is 2.43. The second-order valence-corrected chi connectivity index (χ2v) is 3.59. The fourth-order valence-corrected chi connectivity index (χ4v) is 2.18. The second-order valence-electron chi connectivity index (χ2n) is 3.59. The van der Waals surface area contributed by atoms with E-state index in [9.17, 15) is 4.79 Å². The van der Waals surface area contributed by atoms with Gasteiger partial charge in [0.15, 0.2) is 5.78 Å². The van der Waals surface area contributed by atoms with Gasteiger partial charge in [-0.05, 0) is 31.3 Å². The number of carbonyl (C=O) groups excluding carboxylic acids is 1. The number of hydrogen-bond donors (Lipinski definition) is 0. The summed E-state index contributed by atoms with van der Waals surface area (Å²) >= 11 is 0. The molecule has 0 amide bonds. The van der Waals surface area contributed by atoms with Crippen LogP contribution in [0.5, 0.6) is 0 Å². The third-order valence-corrected chi connectivity index (χ3v) is 2.99. The third kappa shape index (κ3) is 0.802. The summed E-state index contributed by atoms with van der Waals surface area (Å²) in [5.41, 5.74) is -0.167.